The van der Waals surface area contributed by atoms with Gasteiger partial charge >= 0.3 is 5.97 Å². The molecule has 0 spiro atoms. The smallest absolute Gasteiger partial charge is 0.328 e. The fourth-order valence-electron chi connectivity index (χ4n) is 1.57. The van der Waals surface area contributed by atoms with Gasteiger partial charge in [-0.15, -0.1) is 0 Å². The monoisotopic (exact) mass is 275 g/mol. The molecular formula is C16H21NO3. The molecule has 0 radical (unpaired) electrons. The van der Waals surface area contributed by atoms with Crippen LogP contribution in [0.25, 0.3) is 6.08 Å². The van der Waals surface area contributed by atoms with Gasteiger partial charge in [-0.3, -0.25) is 4.79 Å². The molecule has 0 aliphatic carbocycles. The quantitative estimate of drug-likeness (QED) is 0.812. The number of carboxylic acid groups (broad SMARTS) is 1. The van der Waals surface area contributed by atoms with Gasteiger partial charge in [-0.1, -0.05) is 32.9 Å². The number of carboxylic acids is 1. The summed E-state index contributed by atoms with van der Waals surface area (Å²) in [6.45, 7) is 7.03. The van der Waals surface area contributed by atoms with Crippen LogP contribution in [0.3, 0.4) is 0 Å². The molecule has 20 heavy (non-hydrogen) atoms. The van der Waals surface area contributed by atoms with Gasteiger partial charge in [-0.25, -0.2) is 4.79 Å². The van der Waals surface area contributed by atoms with Gasteiger partial charge in [-0.2, -0.15) is 0 Å². The van der Waals surface area contributed by atoms with Crippen molar-refractivity contribution >= 4 is 18.0 Å². The van der Waals surface area contributed by atoms with Crippen LogP contribution in [0.4, 0.5) is 0 Å². The fraction of sp³-hybridized carbons (Fsp3) is 0.375. The van der Waals surface area contributed by atoms with Gasteiger partial charge in [0.25, 0.3) is 5.91 Å². The Morgan fingerprint density at radius 2 is 1.80 bits per heavy atom. The second-order valence-electron chi connectivity index (χ2n) is 5.86. The summed E-state index contributed by atoms with van der Waals surface area (Å²) in [6, 6.07) is 6.82. The zero-order chi connectivity index (χ0) is 15.2. The van der Waals surface area contributed by atoms with E-state index in [0.717, 1.165) is 18.1 Å². The third-order valence-corrected chi connectivity index (χ3v) is 2.75. The van der Waals surface area contributed by atoms with Gasteiger partial charge in [-0.05, 0) is 35.6 Å². The molecule has 0 unspecified atom stereocenters. The highest BCUT2D eigenvalue weighted by molar-refractivity contribution is 5.94. The molecule has 1 aromatic carbocycles. The van der Waals surface area contributed by atoms with Crippen molar-refractivity contribution in [1.29, 1.82) is 0 Å². The molecule has 4 nitrogen and oxygen atoms in total. The predicted molar refractivity (Wildman–Crippen MR) is 79.5 cm³/mol. The average molecular weight is 275 g/mol. The van der Waals surface area contributed by atoms with E-state index in [2.05, 4.69) is 26.1 Å². The van der Waals surface area contributed by atoms with Gasteiger partial charge in [0.15, 0.2) is 0 Å². The van der Waals surface area contributed by atoms with E-state index in [0.29, 0.717) is 12.1 Å². The lowest BCUT2D eigenvalue weighted by Crippen LogP contribution is -2.27. The van der Waals surface area contributed by atoms with E-state index in [9.17, 15) is 9.59 Å². The average Bonchev–Trinajstić information content (AvgIpc) is 2.35. The molecule has 0 atom stereocenters. The van der Waals surface area contributed by atoms with Crippen LogP contribution in [0.1, 0.15) is 43.1 Å². The van der Waals surface area contributed by atoms with Crippen LogP contribution in [0.5, 0.6) is 0 Å². The Morgan fingerprint density at radius 1 is 1.20 bits per heavy atom. The molecular weight excluding hydrogens is 254 g/mol. The molecule has 1 aromatic rings. The summed E-state index contributed by atoms with van der Waals surface area (Å²) >= 11 is 0. The second-order valence-corrected chi connectivity index (χ2v) is 5.86. The zero-order valence-electron chi connectivity index (χ0n) is 12.1. The number of carbonyl (C=O) groups is 2. The first-order valence-corrected chi connectivity index (χ1v) is 6.57. The fourth-order valence-corrected chi connectivity index (χ4v) is 1.57. The number of benzene rings is 1. The number of hydrogen-bond donors (Lipinski definition) is 2. The van der Waals surface area contributed by atoms with Crippen LogP contribution in [-0.2, 0) is 4.79 Å². The summed E-state index contributed by atoms with van der Waals surface area (Å²) in [4.78, 5) is 22.3. The predicted octanol–water partition coefficient (Wildman–Crippen LogP) is 2.95. The molecule has 1 rings (SSSR count). The Hall–Kier alpha value is -2.10. The molecule has 4 heteroatoms. The number of rotatable bonds is 5. The molecule has 108 valence electrons. The summed E-state index contributed by atoms with van der Waals surface area (Å²) < 4.78 is 0. The highest BCUT2D eigenvalue weighted by Crippen LogP contribution is 2.17. The van der Waals surface area contributed by atoms with E-state index in [-0.39, 0.29) is 11.3 Å². The van der Waals surface area contributed by atoms with Crippen molar-refractivity contribution in [3.05, 3.63) is 41.5 Å². The molecule has 0 fully saturated rings. The maximum absolute atomic E-state index is 11.9. The number of aliphatic carboxylic acids is 1. The molecule has 1 amide bonds. The molecule has 0 saturated heterocycles. The van der Waals surface area contributed by atoms with Crippen molar-refractivity contribution in [2.75, 3.05) is 6.54 Å². The number of amides is 1. The van der Waals surface area contributed by atoms with E-state index >= 15 is 0 Å². The highest BCUT2D eigenvalue weighted by atomic mass is 16.4. The normalized spacial score (nSPS) is 11.6. The molecule has 0 saturated carbocycles. The number of carbonyl (C=O) groups excluding carboxylic acids is 1. The lowest BCUT2D eigenvalue weighted by atomic mass is 9.92. The molecule has 0 heterocycles. The maximum atomic E-state index is 11.9. The summed E-state index contributed by atoms with van der Waals surface area (Å²) in [6.07, 6.45) is 3.47. The minimum Gasteiger partial charge on any atom is -0.478 e. The van der Waals surface area contributed by atoms with Gasteiger partial charge in [0.2, 0.25) is 0 Å². The number of hydrogen-bond acceptors (Lipinski definition) is 2. The molecule has 0 aromatic heterocycles. The SMILES string of the molecule is CC(C)(C)CCNC(=O)c1ccc(/C=C/C(=O)O)cc1. The Morgan fingerprint density at radius 3 is 2.30 bits per heavy atom. The van der Waals surface area contributed by atoms with Gasteiger partial charge in [0, 0.05) is 18.2 Å². The Balaban J connectivity index is 2.55. The summed E-state index contributed by atoms with van der Waals surface area (Å²) in [5.74, 6) is -1.10. The number of nitrogens with one attached hydrogen (secondary N) is 1. The largest absolute Gasteiger partial charge is 0.478 e. The lowest BCUT2D eigenvalue weighted by molar-refractivity contribution is -0.131. The van der Waals surface area contributed by atoms with Crippen LogP contribution in [0.15, 0.2) is 30.3 Å². The minimum atomic E-state index is -0.992. The van der Waals surface area contributed by atoms with E-state index in [1.807, 2.05) is 0 Å². The van der Waals surface area contributed by atoms with Crippen LogP contribution in [-0.4, -0.2) is 23.5 Å². The molecule has 0 bridgehead atoms. The van der Waals surface area contributed by atoms with Crippen molar-refractivity contribution in [1.82, 2.24) is 5.32 Å². The summed E-state index contributed by atoms with van der Waals surface area (Å²) in [7, 11) is 0. The second kappa shape index (κ2) is 6.89. The summed E-state index contributed by atoms with van der Waals surface area (Å²) in [5.41, 5.74) is 1.52. The van der Waals surface area contributed by atoms with Crippen molar-refractivity contribution in [3.8, 4) is 0 Å². The topological polar surface area (TPSA) is 66.4 Å². The molecule has 2 N–H and O–H groups in total. The standard InChI is InChI=1S/C16H21NO3/c1-16(2,3)10-11-17-15(20)13-7-4-12(5-8-13)6-9-14(18)19/h4-9H,10-11H2,1-3H3,(H,17,20)(H,18,19)/b9-6+. The Kier molecular flexibility index (Phi) is 5.50. The third kappa shape index (κ3) is 6.18. The van der Waals surface area contributed by atoms with Crippen LogP contribution < -0.4 is 5.32 Å². The Labute approximate surface area is 119 Å². The van der Waals surface area contributed by atoms with Gasteiger partial charge in [0.05, 0.1) is 0 Å². The third-order valence-electron chi connectivity index (χ3n) is 2.75. The van der Waals surface area contributed by atoms with Gasteiger partial charge in [0.1, 0.15) is 0 Å². The van der Waals surface area contributed by atoms with Crippen molar-refractivity contribution in [2.45, 2.75) is 27.2 Å². The highest BCUT2D eigenvalue weighted by Gasteiger charge is 2.11. The van der Waals surface area contributed by atoms with Crippen LogP contribution in [0.2, 0.25) is 0 Å². The van der Waals surface area contributed by atoms with Crippen molar-refractivity contribution < 1.29 is 14.7 Å². The van der Waals surface area contributed by atoms with Crippen molar-refractivity contribution in [3.63, 3.8) is 0 Å². The van der Waals surface area contributed by atoms with Crippen LogP contribution >= 0.6 is 0 Å². The van der Waals surface area contributed by atoms with E-state index in [1.165, 1.54) is 6.08 Å². The summed E-state index contributed by atoms with van der Waals surface area (Å²) in [5, 5.41) is 11.4. The Bertz CT molecular complexity index is 495. The lowest BCUT2D eigenvalue weighted by Gasteiger charge is -2.18. The minimum absolute atomic E-state index is 0.108. The maximum Gasteiger partial charge on any atom is 0.328 e. The van der Waals surface area contributed by atoms with Gasteiger partial charge < -0.3 is 10.4 Å². The first kappa shape index (κ1) is 16.0. The van der Waals surface area contributed by atoms with E-state index in [4.69, 9.17) is 5.11 Å². The van der Waals surface area contributed by atoms with E-state index < -0.39 is 5.97 Å². The van der Waals surface area contributed by atoms with Crippen LogP contribution in [0, 0.1) is 5.41 Å². The van der Waals surface area contributed by atoms with Crippen molar-refractivity contribution in [2.24, 2.45) is 5.41 Å². The van der Waals surface area contributed by atoms with E-state index in [1.54, 1.807) is 24.3 Å². The molecule has 0 aliphatic rings. The first-order chi connectivity index (χ1) is 9.28. The first-order valence-electron chi connectivity index (χ1n) is 6.57. The molecule has 0 aliphatic heterocycles. The zero-order valence-corrected chi connectivity index (χ0v) is 12.1.